The molecule has 0 amide bonds. The Bertz CT molecular complexity index is 1050. The van der Waals surface area contributed by atoms with Gasteiger partial charge in [0.1, 0.15) is 5.82 Å². The molecule has 7 heteroatoms. The van der Waals surface area contributed by atoms with Crippen LogP contribution in [0.25, 0.3) is 11.0 Å². The average molecular weight is 426 g/mol. The molecule has 2 saturated heterocycles. The zero-order valence-electron chi connectivity index (χ0n) is 16.6. The fraction of sp³-hybridized carbons (Fsp3) is 0.409. The number of piperidine rings is 1. The third-order valence-corrected chi connectivity index (χ3v) is 7.12. The number of pyridine rings is 1. The fourth-order valence-corrected chi connectivity index (χ4v) is 5.86. The van der Waals surface area contributed by atoms with Crippen LogP contribution in [0.1, 0.15) is 37.5 Å². The van der Waals surface area contributed by atoms with Crippen molar-refractivity contribution in [2.45, 2.75) is 50.7 Å². The van der Waals surface area contributed by atoms with Gasteiger partial charge in [0, 0.05) is 29.3 Å². The Morgan fingerprint density at radius 3 is 2.52 bits per heavy atom. The molecule has 29 heavy (non-hydrogen) atoms. The van der Waals surface area contributed by atoms with Gasteiger partial charge in [-0.05, 0) is 69.2 Å². The van der Waals surface area contributed by atoms with Crippen LogP contribution in [0, 0.1) is 6.92 Å². The van der Waals surface area contributed by atoms with E-state index < -0.39 is 0 Å². The van der Waals surface area contributed by atoms with E-state index in [1.165, 1.54) is 12.8 Å². The predicted octanol–water partition coefficient (Wildman–Crippen LogP) is 5.61. The summed E-state index contributed by atoms with van der Waals surface area (Å²) in [7, 11) is 0. The van der Waals surface area contributed by atoms with E-state index in [9.17, 15) is 0 Å². The van der Waals surface area contributed by atoms with Crippen molar-refractivity contribution in [3.63, 3.8) is 0 Å². The lowest BCUT2D eigenvalue weighted by Crippen LogP contribution is -2.46. The Balaban J connectivity index is 1.44. The monoisotopic (exact) mass is 425 g/mol. The van der Waals surface area contributed by atoms with Crippen molar-refractivity contribution in [1.82, 2.24) is 19.4 Å². The molecular weight excluding hydrogens is 402 g/mol. The summed E-state index contributed by atoms with van der Waals surface area (Å²) in [6.45, 7) is 2.11. The summed E-state index contributed by atoms with van der Waals surface area (Å²) in [6, 6.07) is 11.3. The number of nitrogens with zero attached hydrogens (tertiary/aromatic N) is 5. The molecule has 0 N–H and O–H groups in total. The lowest BCUT2D eigenvalue weighted by molar-refractivity contribution is 0.187. The molecule has 3 aromatic rings. The molecule has 5 rings (SSSR count). The lowest BCUT2D eigenvalue weighted by Gasteiger charge is -2.41. The number of fused-ring (bicyclic) bond motifs is 3. The highest BCUT2D eigenvalue weighted by molar-refractivity contribution is 8.13. The predicted molar refractivity (Wildman–Crippen MR) is 121 cm³/mol. The number of benzene rings is 1. The highest BCUT2D eigenvalue weighted by Crippen LogP contribution is 2.43. The minimum Gasteiger partial charge on any atom is -0.345 e. The van der Waals surface area contributed by atoms with Crippen molar-refractivity contribution in [3.8, 4) is 0 Å². The molecule has 4 heterocycles. The summed E-state index contributed by atoms with van der Waals surface area (Å²) >= 11 is 7.77. The van der Waals surface area contributed by atoms with Crippen LogP contribution in [0.5, 0.6) is 0 Å². The molecule has 0 saturated carbocycles. The molecule has 1 aromatic carbocycles. The highest BCUT2D eigenvalue weighted by atomic mass is 35.5. The Morgan fingerprint density at radius 1 is 1.10 bits per heavy atom. The number of imidazole rings is 1. The number of thioether (sulfide) groups is 1. The number of halogens is 1. The van der Waals surface area contributed by atoms with Gasteiger partial charge in [-0.15, -0.1) is 0 Å². The van der Waals surface area contributed by atoms with E-state index in [2.05, 4.69) is 27.6 Å². The summed E-state index contributed by atoms with van der Waals surface area (Å²) in [4.78, 5) is 16.6. The van der Waals surface area contributed by atoms with Crippen LogP contribution in [-0.4, -0.2) is 42.9 Å². The normalized spacial score (nSPS) is 24.4. The Morgan fingerprint density at radius 2 is 1.83 bits per heavy atom. The number of rotatable bonds is 2. The van der Waals surface area contributed by atoms with Gasteiger partial charge in [0.2, 0.25) is 0 Å². The molecule has 2 bridgehead atoms. The maximum atomic E-state index is 6.03. The molecule has 5 nitrogen and oxygen atoms in total. The summed E-state index contributed by atoms with van der Waals surface area (Å²) in [6.07, 6.45) is 10.6. The third-order valence-electron chi connectivity index (χ3n) is 6.20. The topological polar surface area (TPSA) is 46.3 Å². The largest absolute Gasteiger partial charge is 0.345 e. The van der Waals surface area contributed by atoms with Crippen molar-refractivity contribution in [2.75, 3.05) is 6.26 Å². The van der Waals surface area contributed by atoms with E-state index in [1.807, 2.05) is 42.7 Å². The minimum absolute atomic E-state index is 0.469. The van der Waals surface area contributed by atoms with E-state index in [1.54, 1.807) is 11.8 Å². The van der Waals surface area contributed by atoms with Gasteiger partial charge in [-0.25, -0.2) is 9.98 Å². The Kier molecular flexibility index (Phi) is 5.00. The zero-order chi connectivity index (χ0) is 20.0. The molecule has 150 valence electrons. The number of aromatic nitrogens is 3. The van der Waals surface area contributed by atoms with Gasteiger partial charge in [0.05, 0.1) is 22.9 Å². The van der Waals surface area contributed by atoms with E-state index in [0.29, 0.717) is 18.1 Å². The number of amidine groups is 1. The van der Waals surface area contributed by atoms with Crippen LogP contribution in [0.3, 0.4) is 0 Å². The van der Waals surface area contributed by atoms with Crippen molar-refractivity contribution < 1.29 is 0 Å². The highest BCUT2D eigenvalue weighted by Gasteiger charge is 2.43. The zero-order valence-corrected chi connectivity index (χ0v) is 18.2. The first-order valence-corrected chi connectivity index (χ1v) is 11.7. The Hall–Kier alpha value is -2.05. The molecule has 2 fully saturated rings. The van der Waals surface area contributed by atoms with E-state index in [4.69, 9.17) is 21.6 Å². The SMILES string of the molecule is CSC(=Nc1ccc(Cl)cc1)N1C2CCC1CC(n1c(C)nc3ccncc31)C2. The second-order valence-corrected chi connectivity index (χ2v) is 9.10. The standard InChI is InChI=1S/C22H24ClN5S/c1-14-25-20-9-10-24-13-21(20)27(14)19-11-17-7-8-18(12-19)28(17)22(29-2)26-16-5-3-15(23)4-6-16/h3-6,9-10,13,17-19H,7-8,11-12H2,1-2H3. The Labute approximate surface area is 180 Å². The van der Waals surface area contributed by atoms with Crippen LogP contribution in [-0.2, 0) is 0 Å². The van der Waals surface area contributed by atoms with Crippen molar-refractivity contribution in [1.29, 1.82) is 0 Å². The first-order valence-electron chi connectivity index (χ1n) is 10.1. The number of hydrogen-bond acceptors (Lipinski definition) is 4. The summed E-state index contributed by atoms with van der Waals surface area (Å²) in [5, 5.41) is 1.86. The second kappa shape index (κ2) is 7.65. The lowest BCUT2D eigenvalue weighted by atomic mass is 9.97. The van der Waals surface area contributed by atoms with Crippen LogP contribution < -0.4 is 0 Å². The van der Waals surface area contributed by atoms with E-state index in [0.717, 1.165) is 45.6 Å². The molecular formula is C22H24ClN5S. The van der Waals surface area contributed by atoms with Crippen LogP contribution >= 0.6 is 23.4 Å². The summed E-state index contributed by atoms with van der Waals surface area (Å²) < 4.78 is 2.42. The molecule has 0 radical (unpaired) electrons. The quantitative estimate of drug-likeness (QED) is 0.395. The second-order valence-electron chi connectivity index (χ2n) is 7.89. The fourth-order valence-electron chi connectivity index (χ4n) is 5.03. The van der Waals surface area contributed by atoms with Crippen LogP contribution in [0.2, 0.25) is 5.02 Å². The molecule has 2 unspecified atom stereocenters. The molecule has 0 aliphatic carbocycles. The maximum Gasteiger partial charge on any atom is 0.164 e. The van der Waals surface area contributed by atoms with Crippen LogP contribution in [0.4, 0.5) is 5.69 Å². The summed E-state index contributed by atoms with van der Waals surface area (Å²) in [5.41, 5.74) is 3.16. The first-order chi connectivity index (χ1) is 14.1. The van der Waals surface area contributed by atoms with Gasteiger partial charge >= 0.3 is 0 Å². The van der Waals surface area contributed by atoms with E-state index in [-0.39, 0.29) is 0 Å². The molecule has 2 aliphatic heterocycles. The van der Waals surface area contributed by atoms with Gasteiger partial charge < -0.3 is 9.47 Å². The van der Waals surface area contributed by atoms with Crippen LogP contribution in [0.15, 0.2) is 47.7 Å². The van der Waals surface area contributed by atoms with Crippen molar-refractivity contribution in [2.24, 2.45) is 4.99 Å². The van der Waals surface area contributed by atoms with E-state index >= 15 is 0 Å². The third kappa shape index (κ3) is 3.42. The number of hydrogen-bond donors (Lipinski definition) is 0. The maximum absolute atomic E-state index is 6.03. The molecule has 2 aliphatic rings. The van der Waals surface area contributed by atoms with Gasteiger partial charge in [-0.3, -0.25) is 4.98 Å². The van der Waals surface area contributed by atoms with Gasteiger partial charge in [0.15, 0.2) is 5.17 Å². The van der Waals surface area contributed by atoms with Gasteiger partial charge in [0.25, 0.3) is 0 Å². The molecule has 2 atom stereocenters. The van der Waals surface area contributed by atoms with Crippen molar-refractivity contribution in [3.05, 3.63) is 53.6 Å². The van der Waals surface area contributed by atoms with Gasteiger partial charge in [-0.2, -0.15) is 0 Å². The van der Waals surface area contributed by atoms with Crippen molar-refractivity contribution >= 4 is 45.3 Å². The number of aliphatic imine (C=N–C) groups is 1. The summed E-state index contributed by atoms with van der Waals surface area (Å²) in [5.74, 6) is 1.09. The minimum atomic E-state index is 0.469. The smallest absolute Gasteiger partial charge is 0.164 e. The number of aryl methyl sites for hydroxylation is 1. The van der Waals surface area contributed by atoms with Gasteiger partial charge in [-0.1, -0.05) is 23.4 Å². The average Bonchev–Trinajstić information content (AvgIpc) is 3.19. The first kappa shape index (κ1) is 18.9. The molecule has 0 spiro atoms. The molecule has 2 aromatic heterocycles.